The van der Waals surface area contributed by atoms with Gasteiger partial charge in [-0.05, 0) is 0 Å². The van der Waals surface area contributed by atoms with Crippen LogP contribution < -0.4 is 5.73 Å². The number of nitrogens with two attached hydrogens (primary N) is 1. The Hall–Kier alpha value is -1.43. The van der Waals surface area contributed by atoms with Gasteiger partial charge in [0.25, 0.3) is 5.78 Å². The van der Waals surface area contributed by atoms with E-state index < -0.39 is 23.8 Å². The van der Waals surface area contributed by atoms with E-state index >= 15 is 0 Å². The molecule has 0 radical (unpaired) electrons. The highest BCUT2D eigenvalue weighted by atomic mass is 16.4. The van der Waals surface area contributed by atoms with Gasteiger partial charge in [0.1, 0.15) is 0 Å². The van der Waals surface area contributed by atoms with Crippen LogP contribution in [-0.2, 0) is 14.4 Å². The van der Waals surface area contributed by atoms with Crippen LogP contribution in [0.1, 0.15) is 0 Å². The van der Waals surface area contributed by atoms with Crippen molar-refractivity contribution in [2.45, 2.75) is 6.04 Å². The van der Waals surface area contributed by atoms with E-state index in [4.69, 9.17) is 10.2 Å². The Morgan fingerprint density at radius 1 is 1.20 bits per heavy atom. The number of carboxylic acid groups (broad SMARTS) is 2. The van der Waals surface area contributed by atoms with Crippen molar-refractivity contribution in [1.29, 1.82) is 0 Å². The lowest BCUT2D eigenvalue weighted by Crippen LogP contribution is -2.42. The molecule has 0 saturated heterocycles. The molecule has 0 fully saturated rings. The maximum absolute atomic E-state index is 10.2. The van der Waals surface area contributed by atoms with Crippen molar-refractivity contribution in [3.63, 3.8) is 0 Å². The molecule has 4 N–H and O–H groups in total. The highest BCUT2D eigenvalue weighted by Crippen LogP contribution is 1.81. The zero-order chi connectivity index (χ0) is 8.31. The average molecular weight is 147 g/mol. The molecule has 0 aromatic heterocycles. The van der Waals surface area contributed by atoms with Crippen LogP contribution in [0.15, 0.2) is 0 Å². The van der Waals surface area contributed by atoms with Crippen molar-refractivity contribution in [2.75, 3.05) is 0 Å². The van der Waals surface area contributed by atoms with Crippen LogP contribution in [0.4, 0.5) is 0 Å². The van der Waals surface area contributed by atoms with Crippen LogP contribution in [0.5, 0.6) is 0 Å². The molecule has 1 atom stereocenters. The number of hydrogen-bond acceptors (Lipinski definition) is 4. The molecule has 0 aromatic carbocycles. The lowest BCUT2D eigenvalue weighted by atomic mass is 10.2. The maximum Gasteiger partial charge on any atom is 0.374 e. The van der Waals surface area contributed by atoms with Gasteiger partial charge in [0.05, 0.1) is 0 Å². The number of aliphatic carboxylic acids is 2. The Kier molecular flexibility index (Phi) is 2.51. The van der Waals surface area contributed by atoms with E-state index in [2.05, 4.69) is 5.73 Å². The van der Waals surface area contributed by atoms with E-state index in [1.807, 2.05) is 0 Å². The molecule has 0 aliphatic carbocycles. The van der Waals surface area contributed by atoms with Crippen molar-refractivity contribution in [3.8, 4) is 0 Å². The molecule has 0 spiro atoms. The van der Waals surface area contributed by atoms with Gasteiger partial charge in [-0.25, -0.2) is 4.79 Å². The van der Waals surface area contributed by atoms with Crippen molar-refractivity contribution < 1.29 is 24.6 Å². The molecule has 6 heteroatoms. The van der Waals surface area contributed by atoms with Gasteiger partial charge in [-0.15, -0.1) is 0 Å². The quantitative estimate of drug-likeness (QED) is 0.315. The molecule has 0 heterocycles. The summed E-state index contributed by atoms with van der Waals surface area (Å²) in [6.45, 7) is 0. The molecule has 0 saturated carbocycles. The first-order valence-corrected chi connectivity index (χ1v) is 2.22. The highest BCUT2D eigenvalue weighted by Gasteiger charge is 2.26. The number of Topliss-reactive ketones (excluding diaryl/α,β-unsaturated/α-hetero) is 1. The summed E-state index contributed by atoms with van der Waals surface area (Å²) in [6.07, 6.45) is 0. The van der Waals surface area contributed by atoms with Crippen LogP contribution in [0.2, 0.25) is 0 Å². The van der Waals surface area contributed by atoms with Crippen LogP contribution in [-0.4, -0.2) is 34.0 Å². The summed E-state index contributed by atoms with van der Waals surface area (Å²) >= 11 is 0. The lowest BCUT2D eigenvalue weighted by Gasteiger charge is -1.98. The fourth-order valence-electron chi connectivity index (χ4n) is 0.245. The van der Waals surface area contributed by atoms with Crippen molar-refractivity contribution in [2.24, 2.45) is 5.73 Å². The van der Waals surface area contributed by atoms with Crippen molar-refractivity contribution >= 4 is 17.7 Å². The summed E-state index contributed by atoms with van der Waals surface area (Å²) in [5, 5.41) is 15.9. The predicted molar refractivity (Wildman–Crippen MR) is 28.3 cm³/mol. The summed E-state index contributed by atoms with van der Waals surface area (Å²) in [7, 11) is 0. The number of hydrogen-bond donors (Lipinski definition) is 3. The van der Waals surface area contributed by atoms with Gasteiger partial charge in [-0.3, -0.25) is 9.59 Å². The number of carbonyl (C=O) groups excluding carboxylic acids is 1. The smallest absolute Gasteiger partial charge is 0.374 e. The van der Waals surface area contributed by atoms with Gasteiger partial charge in [0.15, 0.2) is 6.04 Å². The van der Waals surface area contributed by atoms with Gasteiger partial charge in [0.2, 0.25) is 0 Å². The van der Waals surface area contributed by atoms with Gasteiger partial charge < -0.3 is 15.9 Å². The molecule has 0 rings (SSSR count). The Labute approximate surface area is 55.2 Å². The normalized spacial score (nSPS) is 12.1. The highest BCUT2D eigenvalue weighted by molar-refractivity contribution is 6.38. The fourth-order valence-corrected chi connectivity index (χ4v) is 0.245. The lowest BCUT2D eigenvalue weighted by molar-refractivity contribution is -0.154. The number of rotatable bonds is 3. The zero-order valence-corrected chi connectivity index (χ0v) is 4.77. The molecule has 56 valence electrons. The molecule has 0 aromatic rings. The second kappa shape index (κ2) is 2.92. The first kappa shape index (κ1) is 8.57. The van der Waals surface area contributed by atoms with E-state index in [1.165, 1.54) is 0 Å². The Balaban J connectivity index is 4.22. The molecule has 0 aliphatic rings. The first-order chi connectivity index (χ1) is 4.46. The molecule has 10 heavy (non-hydrogen) atoms. The number of carbonyl (C=O) groups is 3. The van der Waals surface area contributed by atoms with Gasteiger partial charge in [-0.1, -0.05) is 0 Å². The average Bonchev–Trinajstić information content (AvgIpc) is 1.84. The van der Waals surface area contributed by atoms with E-state index in [9.17, 15) is 14.4 Å². The summed E-state index contributed by atoms with van der Waals surface area (Å²) in [6, 6.07) is -1.96. The molecular weight excluding hydrogens is 142 g/mol. The second-order valence-electron chi connectivity index (χ2n) is 1.49. The maximum atomic E-state index is 10.2. The molecule has 0 amide bonds. The zero-order valence-electron chi connectivity index (χ0n) is 4.77. The molecule has 0 unspecified atom stereocenters. The van der Waals surface area contributed by atoms with Crippen LogP contribution >= 0.6 is 0 Å². The van der Waals surface area contributed by atoms with Crippen LogP contribution in [0, 0.1) is 0 Å². The van der Waals surface area contributed by atoms with E-state index in [1.54, 1.807) is 0 Å². The van der Waals surface area contributed by atoms with E-state index in [0.29, 0.717) is 0 Å². The van der Waals surface area contributed by atoms with Gasteiger partial charge >= 0.3 is 11.9 Å². The molecule has 0 aliphatic heterocycles. The molecular formula is C4H5NO5. The molecule has 0 bridgehead atoms. The fraction of sp³-hybridized carbons (Fsp3) is 0.250. The minimum Gasteiger partial charge on any atom is -0.480 e. The SMILES string of the molecule is N[C@H](C(=O)O)C(=O)C(=O)O. The van der Waals surface area contributed by atoms with E-state index in [0.717, 1.165) is 0 Å². The largest absolute Gasteiger partial charge is 0.480 e. The second-order valence-corrected chi connectivity index (χ2v) is 1.49. The van der Waals surface area contributed by atoms with Gasteiger partial charge in [0, 0.05) is 0 Å². The topological polar surface area (TPSA) is 118 Å². The Morgan fingerprint density at radius 2 is 1.60 bits per heavy atom. The van der Waals surface area contributed by atoms with Crippen LogP contribution in [0.25, 0.3) is 0 Å². The summed E-state index contributed by atoms with van der Waals surface area (Å²) in [5.41, 5.74) is 4.63. The van der Waals surface area contributed by atoms with Crippen molar-refractivity contribution in [3.05, 3.63) is 0 Å². The Morgan fingerprint density at radius 3 is 1.70 bits per heavy atom. The first-order valence-electron chi connectivity index (χ1n) is 2.22. The van der Waals surface area contributed by atoms with Crippen LogP contribution in [0.3, 0.4) is 0 Å². The summed E-state index contributed by atoms with van der Waals surface area (Å²) < 4.78 is 0. The molecule has 6 nitrogen and oxygen atoms in total. The minimum atomic E-state index is -1.96. The number of carboxylic acids is 2. The summed E-state index contributed by atoms with van der Waals surface area (Å²) in [5.74, 6) is -5.00. The van der Waals surface area contributed by atoms with E-state index in [-0.39, 0.29) is 0 Å². The third kappa shape index (κ3) is 1.82. The monoisotopic (exact) mass is 147 g/mol. The third-order valence-electron chi connectivity index (χ3n) is 0.759. The number of ketones is 1. The third-order valence-corrected chi connectivity index (χ3v) is 0.759. The Bertz CT molecular complexity index is 186. The minimum absolute atomic E-state index is 1.52. The van der Waals surface area contributed by atoms with Crippen molar-refractivity contribution in [1.82, 2.24) is 0 Å². The standard InChI is InChI=1S/C4H5NO5/c5-1(3(7)8)2(6)4(9)10/h1H,5H2,(H,7,8)(H,9,10)/t1-/m0/s1. The van der Waals surface area contributed by atoms with Gasteiger partial charge in [-0.2, -0.15) is 0 Å². The summed E-state index contributed by atoms with van der Waals surface area (Å²) in [4.78, 5) is 29.8. The predicted octanol–water partition coefficient (Wildman–Crippen LogP) is -1.95.